The summed E-state index contributed by atoms with van der Waals surface area (Å²) >= 11 is 1.38. The van der Waals surface area contributed by atoms with Gasteiger partial charge in [-0.05, 0) is 68.5 Å². The molecular weight excluding hydrogens is 452 g/mol. The van der Waals surface area contributed by atoms with E-state index in [0.29, 0.717) is 41.6 Å². The van der Waals surface area contributed by atoms with Gasteiger partial charge >= 0.3 is 0 Å². The monoisotopic (exact) mass is 484 g/mol. The molecule has 0 bridgehead atoms. The summed E-state index contributed by atoms with van der Waals surface area (Å²) < 4.78 is 16.2. The van der Waals surface area contributed by atoms with Gasteiger partial charge in [0.05, 0.1) is 31.9 Å². The zero-order valence-corrected chi connectivity index (χ0v) is 21.2. The molecule has 34 heavy (non-hydrogen) atoms. The van der Waals surface area contributed by atoms with Crippen LogP contribution in [-0.2, 0) is 17.8 Å². The summed E-state index contributed by atoms with van der Waals surface area (Å²) in [6, 6.07) is 13.0. The fourth-order valence-electron chi connectivity index (χ4n) is 3.56. The van der Waals surface area contributed by atoms with E-state index in [9.17, 15) is 9.59 Å². The molecule has 0 aliphatic carbocycles. The Morgan fingerprint density at radius 2 is 1.79 bits per heavy atom. The largest absolute Gasteiger partial charge is 0.493 e. The van der Waals surface area contributed by atoms with Crippen molar-refractivity contribution < 1.29 is 23.5 Å². The SMILES string of the molecule is COc1ccc(CCN(Cc2ccco2)C(=O)CN(C(=O)c2cccs2)C(C)(C)C)cc1OC. The highest BCUT2D eigenvalue weighted by Gasteiger charge is 2.31. The highest BCUT2D eigenvalue weighted by atomic mass is 32.1. The quantitative estimate of drug-likeness (QED) is 0.411. The number of carbonyl (C=O) groups is 2. The lowest BCUT2D eigenvalue weighted by Gasteiger charge is -2.36. The molecule has 0 aliphatic heterocycles. The number of thiophene rings is 1. The molecule has 7 nitrogen and oxygen atoms in total. The predicted molar refractivity (Wildman–Crippen MR) is 132 cm³/mol. The summed E-state index contributed by atoms with van der Waals surface area (Å²) in [7, 11) is 3.19. The van der Waals surface area contributed by atoms with E-state index in [1.54, 1.807) is 42.4 Å². The molecule has 0 unspecified atom stereocenters. The highest BCUT2D eigenvalue weighted by Crippen LogP contribution is 2.28. The summed E-state index contributed by atoms with van der Waals surface area (Å²) in [6.07, 6.45) is 2.20. The summed E-state index contributed by atoms with van der Waals surface area (Å²) in [6.45, 7) is 6.57. The van der Waals surface area contributed by atoms with Gasteiger partial charge in [-0.2, -0.15) is 0 Å². The van der Waals surface area contributed by atoms with Gasteiger partial charge in [0.1, 0.15) is 12.3 Å². The Labute approximate surface area is 204 Å². The minimum Gasteiger partial charge on any atom is -0.493 e. The summed E-state index contributed by atoms with van der Waals surface area (Å²) in [5, 5.41) is 1.86. The molecule has 182 valence electrons. The van der Waals surface area contributed by atoms with Crippen molar-refractivity contribution in [1.82, 2.24) is 9.80 Å². The molecule has 0 radical (unpaired) electrons. The van der Waals surface area contributed by atoms with Gasteiger partial charge in [-0.25, -0.2) is 0 Å². The molecule has 3 aromatic rings. The van der Waals surface area contributed by atoms with Crippen LogP contribution in [0, 0.1) is 0 Å². The van der Waals surface area contributed by atoms with Crippen molar-refractivity contribution in [1.29, 1.82) is 0 Å². The van der Waals surface area contributed by atoms with Crippen LogP contribution < -0.4 is 9.47 Å². The molecule has 2 heterocycles. The molecular formula is C26H32N2O5S. The first-order valence-corrected chi connectivity index (χ1v) is 12.0. The molecule has 0 saturated carbocycles. The van der Waals surface area contributed by atoms with Crippen LogP contribution in [0.2, 0.25) is 0 Å². The number of ether oxygens (including phenoxy) is 2. The van der Waals surface area contributed by atoms with E-state index in [2.05, 4.69) is 0 Å². The smallest absolute Gasteiger partial charge is 0.264 e. The number of nitrogens with zero attached hydrogens (tertiary/aromatic N) is 2. The van der Waals surface area contributed by atoms with Crippen LogP contribution in [0.25, 0.3) is 0 Å². The Morgan fingerprint density at radius 1 is 1.03 bits per heavy atom. The number of rotatable bonds is 10. The maximum Gasteiger partial charge on any atom is 0.264 e. The number of hydrogen-bond donors (Lipinski definition) is 0. The molecule has 0 atom stereocenters. The van der Waals surface area contributed by atoms with Gasteiger partial charge in [-0.3, -0.25) is 9.59 Å². The zero-order chi connectivity index (χ0) is 24.7. The second-order valence-electron chi connectivity index (χ2n) is 8.87. The van der Waals surface area contributed by atoms with Crippen molar-refractivity contribution in [2.75, 3.05) is 27.3 Å². The average Bonchev–Trinajstić information content (AvgIpc) is 3.53. The fourth-order valence-corrected chi connectivity index (χ4v) is 4.24. The van der Waals surface area contributed by atoms with Crippen molar-refractivity contribution in [3.8, 4) is 11.5 Å². The van der Waals surface area contributed by atoms with Gasteiger partial charge in [0.25, 0.3) is 5.91 Å². The third kappa shape index (κ3) is 6.41. The van der Waals surface area contributed by atoms with Crippen molar-refractivity contribution in [3.05, 3.63) is 70.3 Å². The first-order valence-electron chi connectivity index (χ1n) is 11.1. The van der Waals surface area contributed by atoms with Crippen LogP contribution in [-0.4, -0.2) is 54.5 Å². The van der Waals surface area contributed by atoms with Crippen LogP contribution in [0.15, 0.2) is 58.5 Å². The molecule has 0 saturated heterocycles. The zero-order valence-electron chi connectivity index (χ0n) is 20.4. The van der Waals surface area contributed by atoms with Crippen molar-refractivity contribution in [2.45, 2.75) is 39.3 Å². The van der Waals surface area contributed by atoms with Crippen LogP contribution in [0.3, 0.4) is 0 Å². The van der Waals surface area contributed by atoms with E-state index in [1.807, 2.05) is 56.5 Å². The van der Waals surface area contributed by atoms with E-state index in [4.69, 9.17) is 13.9 Å². The van der Waals surface area contributed by atoms with Crippen molar-refractivity contribution in [2.24, 2.45) is 0 Å². The molecule has 2 aromatic heterocycles. The third-order valence-corrected chi connectivity index (χ3v) is 6.34. The standard InChI is InChI=1S/C26H32N2O5S/c1-26(2,3)28(25(30)23-9-7-15-34-23)18-24(29)27(17-20-8-6-14-33-20)13-12-19-10-11-21(31-4)22(16-19)32-5/h6-11,14-16H,12-13,17-18H2,1-5H3. The minimum absolute atomic E-state index is 0.0210. The van der Waals surface area contributed by atoms with E-state index in [0.717, 1.165) is 5.56 Å². The number of hydrogen-bond acceptors (Lipinski definition) is 6. The molecule has 3 rings (SSSR count). The fraction of sp³-hybridized carbons (Fsp3) is 0.385. The Kier molecular flexibility index (Phi) is 8.39. The van der Waals surface area contributed by atoms with Gasteiger partial charge in [0.15, 0.2) is 11.5 Å². The Bertz CT molecular complexity index is 1070. The van der Waals surface area contributed by atoms with Crippen LogP contribution in [0.1, 0.15) is 41.8 Å². The summed E-state index contributed by atoms with van der Waals surface area (Å²) in [5.41, 5.74) is 0.494. The molecule has 2 amide bonds. The van der Waals surface area contributed by atoms with Crippen molar-refractivity contribution in [3.63, 3.8) is 0 Å². The van der Waals surface area contributed by atoms with E-state index in [-0.39, 0.29) is 18.4 Å². The molecule has 0 N–H and O–H groups in total. The van der Waals surface area contributed by atoms with Gasteiger partial charge in [0, 0.05) is 12.1 Å². The first-order chi connectivity index (χ1) is 16.2. The van der Waals surface area contributed by atoms with Crippen LogP contribution in [0.4, 0.5) is 0 Å². The third-order valence-electron chi connectivity index (χ3n) is 5.48. The van der Waals surface area contributed by atoms with Gasteiger partial charge in [0.2, 0.25) is 5.91 Å². The minimum atomic E-state index is -0.517. The molecule has 1 aromatic carbocycles. The molecule has 0 aliphatic rings. The number of methoxy groups -OCH3 is 2. The summed E-state index contributed by atoms with van der Waals surface area (Å²) in [4.78, 5) is 30.6. The maximum absolute atomic E-state index is 13.5. The van der Waals surface area contributed by atoms with Crippen LogP contribution >= 0.6 is 11.3 Å². The first kappa shape index (κ1) is 25.4. The lowest BCUT2D eigenvalue weighted by Crippen LogP contribution is -2.51. The van der Waals surface area contributed by atoms with E-state index in [1.165, 1.54) is 11.3 Å². The second-order valence-corrected chi connectivity index (χ2v) is 9.82. The molecule has 0 spiro atoms. The van der Waals surface area contributed by atoms with E-state index >= 15 is 0 Å². The average molecular weight is 485 g/mol. The number of amides is 2. The van der Waals surface area contributed by atoms with Crippen LogP contribution in [0.5, 0.6) is 11.5 Å². The molecule has 8 heteroatoms. The summed E-state index contributed by atoms with van der Waals surface area (Å²) in [5.74, 6) is 1.70. The Balaban J connectivity index is 1.78. The number of benzene rings is 1. The van der Waals surface area contributed by atoms with E-state index < -0.39 is 5.54 Å². The van der Waals surface area contributed by atoms with Gasteiger partial charge < -0.3 is 23.7 Å². The lowest BCUT2D eigenvalue weighted by molar-refractivity contribution is -0.133. The van der Waals surface area contributed by atoms with Gasteiger partial charge in [-0.1, -0.05) is 12.1 Å². The topological polar surface area (TPSA) is 72.2 Å². The highest BCUT2D eigenvalue weighted by molar-refractivity contribution is 7.12. The Morgan fingerprint density at radius 3 is 2.38 bits per heavy atom. The maximum atomic E-state index is 13.5. The number of furan rings is 1. The van der Waals surface area contributed by atoms with Gasteiger partial charge in [-0.15, -0.1) is 11.3 Å². The predicted octanol–water partition coefficient (Wildman–Crippen LogP) is 4.87. The van der Waals surface area contributed by atoms with Crippen molar-refractivity contribution >= 4 is 23.2 Å². The normalized spacial score (nSPS) is 11.2. The second kappa shape index (κ2) is 11.2. The Hall–Kier alpha value is -3.26. The molecule has 0 fully saturated rings. The number of carbonyl (C=O) groups excluding carboxylic acids is 2. The lowest BCUT2D eigenvalue weighted by atomic mass is 10.1.